The molecule has 0 aliphatic carbocycles. The molecule has 0 radical (unpaired) electrons. The van der Waals surface area contributed by atoms with Gasteiger partial charge in [0.1, 0.15) is 17.0 Å². The van der Waals surface area contributed by atoms with Gasteiger partial charge in [0, 0.05) is 34.4 Å². The van der Waals surface area contributed by atoms with Crippen LogP contribution in [0.4, 0.5) is 17.2 Å². The number of hydrogen-bond acceptors (Lipinski definition) is 3. The second-order valence-corrected chi connectivity index (χ2v) is 10.1. The van der Waals surface area contributed by atoms with Gasteiger partial charge in [-0.15, -0.1) is 0 Å². The highest BCUT2D eigenvalue weighted by atomic mass is 16.3. The van der Waals surface area contributed by atoms with E-state index < -0.39 is 0 Å². The summed E-state index contributed by atoms with van der Waals surface area (Å²) in [5.74, 6) is 0.804. The van der Waals surface area contributed by atoms with Crippen LogP contribution in [0.1, 0.15) is 0 Å². The van der Waals surface area contributed by atoms with Gasteiger partial charge in [-0.1, -0.05) is 103 Å². The van der Waals surface area contributed by atoms with E-state index in [1.54, 1.807) is 0 Å². The van der Waals surface area contributed by atoms with E-state index in [1.807, 2.05) is 36.5 Å². The highest BCUT2D eigenvalue weighted by Gasteiger charge is 2.18. The molecule has 8 aromatic rings. The number of aromatic nitrogens is 1. The van der Waals surface area contributed by atoms with Crippen molar-refractivity contribution in [2.45, 2.75) is 0 Å². The summed E-state index contributed by atoms with van der Waals surface area (Å²) < 4.78 is 6.25. The Morgan fingerprint density at radius 3 is 1.95 bits per heavy atom. The summed E-state index contributed by atoms with van der Waals surface area (Å²) >= 11 is 0. The molecule has 3 heteroatoms. The molecule has 0 bridgehead atoms. The Morgan fingerprint density at radius 2 is 1.10 bits per heavy atom. The Bertz CT molecular complexity index is 2160. The molecule has 8 rings (SSSR count). The average Bonchev–Trinajstić information content (AvgIpc) is 3.40. The van der Waals surface area contributed by atoms with E-state index in [-0.39, 0.29) is 0 Å². The van der Waals surface area contributed by atoms with Gasteiger partial charge in [0.15, 0.2) is 0 Å². The number of nitrogens with zero attached hydrogens (tertiary/aromatic N) is 2. The van der Waals surface area contributed by atoms with E-state index in [0.29, 0.717) is 0 Å². The van der Waals surface area contributed by atoms with Crippen LogP contribution in [0, 0.1) is 0 Å². The summed E-state index contributed by atoms with van der Waals surface area (Å²) in [7, 11) is 0. The number of anilines is 3. The smallest absolute Gasteiger partial charge is 0.141 e. The van der Waals surface area contributed by atoms with Crippen LogP contribution in [0.3, 0.4) is 0 Å². The van der Waals surface area contributed by atoms with E-state index >= 15 is 0 Å². The van der Waals surface area contributed by atoms with E-state index in [1.165, 1.54) is 32.7 Å². The minimum absolute atomic E-state index is 0.804. The Morgan fingerprint density at radius 1 is 0.450 bits per heavy atom. The molecule has 0 saturated carbocycles. The van der Waals surface area contributed by atoms with Crippen LogP contribution in [-0.4, -0.2) is 4.98 Å². The van der Waals surface area contributed by atoms with E-state index in [4.69, 9.17) is 9.40 Å². The standard InChI is InChI=1S/C37H24N2O/c1-2-8-25(9-3-1)26-16-19-29(20-17-26)39(37-23-36-34(24-38-37)32-12-6-7-13-35(32)40-36)30-21-18-28-15-14-27-10-4-5-11-31(27)33(28)22-30/h1-24H. The summed E-state index contributed by atoms with van der Waals surface area (Å²) in [5.41, 5.74) is 6.13. The average molecular weight is 513 g/mol. The minimum atomic E-state index is 0.804. The lowest BCUT2D eigenvalue weighted by Crippen LogP contribution is -2.11. The van der Waals surface area contributed by atoms with Gasteiger partial charge >= 0.3 is 0 Å². The summed E-state index contributed by atoms with van der Waals surface area (Å²) in [6, 6.07) is 48.9. The molecule has 188 valence electrons. The van der Waals surface area contributed by atoms with Gasteiger partial charge in [0.2, 0.25) is 0 Å². The molecule has 0 fully saturated rings. The van der Waals surface area contributed by atoms with E-state index in [0.717, 1.165) is 39.1 Å². The number of benzene rings is 6. The van der Waals surface area contributed by atoms with Gasteiger partial charge in [-0.3, -0.25) is 4.90 Å². The third kappa shape index (κ3) is 3.71. The summed E-state index contributed by atoms with van der Waals surface area (Å²) in [6.45, 7) is 0. The molecule has 40 heavy (non-hydrogen) atoms. The minimum Gasteiger partial charge on any atom is -0.456 e. The van der Waals surface area contributed by atoms with Gasteiger partial charge in [0.05, 0.1) is 0 Å². The van der Waals surface area contributed by atoms with Crippen molar-refractivity contribution in [3.8, 4) is 11.1 Å². The molecule has 0 aliphatic rings. The predicted octanol–water partition coefficient (Wildman–Crippen LogP) is 10.4. The molecule has 0 spiro atoms. The summed E-state index contributed by atoms with van der Waals surface area (Å²) in [5, 5.41) is 6.99. The topological polar surface area (TPSA) is 29.3 Å². The first kappa shape index (κ1) is 22.6. The van der Waals surface area contributed by atoms with Crippen molar-refractivity contribution in [2.75, 3.05) is 4.90 Å². The first-order valence-corrected chi connectivity index (χ1v) is 13.5. The zero-order valence-electron chi connectivity index (χ0n) is 21.7. The van der Waals surface area contributed by atoms with Crippen molar-refractivity contribution in [3.05, 3.63) is 146 Å². The number of hydrogen-bond donors (Lipinski definition) is 0. The van der Waals surface area contributed by atoms with Gasteiger partial charge in [0.25, 0.3) is 0 Å². The quantitative estimate of drug-likeness (QED) is 0.220. The number of pyridine rings is 1. The van der Waals surface area contributed by atoms with Crippen LogP contribution in [0.2, 0.25) is 0 Å². The lowest BCUT2D eigenvalue weighted by molar-refractivity contribution is 0.668. The zero-order valence-corrected chi connectivity index (χ0v) is 21.7. The monoisotopic (exact) mass is 512 g/mol. The zero-order chi connectivity index (χ0) is 26.5. The van der Waals surface area contributed by atoms with Gasteiger partial charge < -0.3 is 4.42 Å². The second-order valence-electron chi connectivity index (χ2n) is 10.1. The van der Waals surface area contributed by atoms with Crippen molar-refractivity contribution in [2.24, 2.45) is 0 Å². The van der Waals surface area contributed by atoms with Crippen LogP contribution >= 0.6 is 0 Å². The van der Waals surface area contributed by atoms with Gasteiger partial charge in [-0.05, 0) is 63.0 Å². The van der Waals surface area contributed by atoms with Crippen LogP contribution in [0.5, 0.6) is 0 Å². The van der Waals surface area contributed by atoms with Crippen LogP contribution < -0.4 is 4.90 Å². The molecule has 0 unspecified atom stereocenters. The molecule has 6 aromatic carbocycles. The largest absolute Gasteiger partial charge is 0.456 e. The maximum absolute atomic E-state index is 6.25. The second kappa shape index (κ2) is 9.11. The fraction of sp³-hybridized carbons (Fsp3) is 0. The fourth-order valence-electron chi connectivity index (χ4n) is 5.71. The molecular formula is C37H24N2O. The highest BCUT2D eigenvalue weighted by molar-refractivity contribution is 6.09. The molecule has 2 aromatic heterocycles. The Balaban J connectivity index is 1.33. The number of fused-ring (bicyclic) bond motifs is 6. The van der Waals surface area contributed by atoms with Crippen LogP contribution in [0.25, 0.3) is 54.6 Å². The Hall–Kier alpha value is -5.41. The van der Waals surface area contributed by atoms with Crippen molar-refractivity contribution in [1.29, 1.82) is 0 Å². The Kier molecular flexibility index (Phi) is 5.14. The molecular weight excluding hydrogens is 488 g/mol. The van der Waals surface area contributed by atoms with Gasteiger partial charge in [-0.25, -0.2) is 4.98 Å². The lowest BCUT2D eigenvalue weighted by Gasteiger charge is -2.25. The van der Waals surface area contributed by atoms with Crippen molar-refractivity contribution in [3.63, 3.8) is 0 Å². The molecule has 3 nitrogen and oxygen atoms in total. The van der Waals surface area contributed by atoms with Gasteiger partial charge in [-0.2, -0.15) is 0 Å². The van der Waals surface area contributed by atoms with Crippen molar-refractivity contribution >= 4 is 60.7 Å². The van der Waals surface area contributed by atoms with E-state index in [9.17, 15) is 0 Å². The summed E-state index contributed by atoms with van der Waals surface area (Å²) in [4.78, 5) is 7.18. The highest BCUT2D eigenvalue weighted by Crippen LogP contribution is 2.39. The first-order chi connectivity index (χ1) is 19.8. The third-order valence-corrected chi connectivity index (χ3v) is 7.70. The number of furan rings is 1. The molecule has 0 aliphatic heterocycles. The van der Waals surface area contributed by atoms with Crippen molar-refractivity contribution in [1.82, 2.24) is 4.98 Å². The SMILES string of the molecule is c1ccc(-c2ccc(N(c3ccc4ccc5ccccc5c4c3)c3cc4oc5ccccc5c4cn3)cc2)cc1. The lowest BCUT2D eigenvalue weighted by atomic mass is 10.0. The van der Waals surface area contributed by atoms with Crippen molar-refractivity contribution < 1.29 is 4.42 Å². The molecule has 0 atom stereocenters. The predicted molar refractivity (Wildman–Crippen MR) is 167 cm³/mol. The molecule has 2 heterocycles. The van der Waals surface area contributed by atoms with Crippen LogP contribution in [0.15, 0.2) is 150 Å². The number of para-hydroxylation sites is 1. The number of rotatable bonds is 4. The van der Waals surface area contributed by atoms with Crippen LogP contribution in [-0.2, 0) is 0 Å². The maximum Gasteiger partial charge on any atom is 0.141 e. The Labute approximate surface area is 231 Å². The fourth-order valence-corrected chi connectivity index (χ4v) is 5.71. The summed E-state index contributed by atoms with van der Waals surface area (Å²) in [6.07, 6.45) is 1.93. The molecule has 0 amide bonds. The van der Waals surface area contributed by atoms with E-state index in [2.05, 4.69) is 114 Å². The normalized spacial score (nSPS) is 11.5. The molecule has 0 N–H and O–H groups in total. The third-order valence-electron chi connectivity index (χ3n) is 7.70. The maximum atomic E-state index is 6.25. The molecule has 0 saturated heterocycles. The first-order valence-electron chi connectivity index (χ1n) is 13.5.